The molecule has 14 nitrogen and oxygen atoms in total. The number of benzene rings is 4. The Labute approximate surface area is 440 Å². The van der Waals surface area contributed by atoms with Gasteiger partial charge >= 0.3 is 6.18 Å². The first kappa shape index (κ1) is 52.8. The van der Waals surface area contributed by atoms with Crippen molar-refractivity contribution in [3.8, 4) is 40.1 Å². The highest BCUT2D eigenvalue weighted by molar-refractivity contribution is 7.84. The number of nitrogens with zero attached hydrogens (tertiary/aromatic N) is 8. The zero-order chi connectivity index (χ0) is 53.8. The Kier molecular flexibility index (Phi) is 15.6. The largest absolute Gasteiger partial charge is 0.497 e. The number of anilines is 3. The molecule has 0 saturated carbocycles. The minimum Gasteiger partial charge on any atom is -0.497 e. The molecule has 1 aliphatic heterocycles. The summed E-state index contributed by atoms with van der Waals surface area (Å²) in [4.78, 5) is 29.3. The highest BCUT2D eigenvalue weighted by atomic mass is 32.2. The van der Waals surface area contributed by atoms with Crippen LogP contribution in [0.1, 0.15) is 59.0 Å². The predicted octanol–water partition coefficient (Wildman–Crippen LogP) is 11.5. The molecular weight excluding hydrogens is 1000 g/mol. The number of ether oxygens (including phenoxy) is 5. The van der Waals surface area contributed by atoms with E-state index in [2.05, 4.69) is 19.9 Å². The lowest BCUT2D eigenvalue weighted by molar-refractivity contribution is -0.137. The standard InChI is InChI=1S/C57H56F4N8O6S/c1-34-33-75-55-48-52(50(58)51(64-55)46-28-47(63-35(2)49(46)57(59,60)61)67(29-37-11-19-41(71-4)20-12-37)30-38-13-21-42(72-5)22-14-38)65-56(76(8)70)66-54(48)69(34)36(3)45-10-9-27-62-53(45)68(31-39-15-23-43(73-6)24-16-39)32-40-17-25-44(74-7)26-18-40/h9-28,34,36H,29-33H2,1-8H3/t34-,36?,76?/m0/s1. The van der Waals surface area contributed by atoms with Gasteiger partial charge in [-0.25, -0.2) is 29.3 Å². The van der Waals surface area contributed by atoms with E-state index in [-0.39, 0.29) is 47.8 Å². The van der Waals surface area contributed by atoms with Gasteiger partial charge in [-0.05, 0) is 104 Å². The molecule has 0 saturated heterocycles. The average molecular weight is 1060 g/mol. The number of hydrogen-bond donors (Lipinski definition) is 0. The van der Waals surface area contributed by atoms with Gasteiger partial charge in [0.25, 0.3) is 0 Å². The molecule has 0 aliphatic carbocycles. The molecule has 0 radical (unpaired) electrons. The SMILES string of the molecule is COc1ccc(CN(Cc2ccc(OC)cc2)c2cc(-c3nc4c5c(nc(S(C)=O)nc5c3F)N(C(C)c3cccnc3N(Cc3ccc(OC)cc3)Cc3ccc(OC)cc3)[C@@H](C)CO4)c(C(F)(F)F)c(C)n2)cc1. The minimum atomic E-state index is -5.01. The third-order valence-electron chi connectivity index (χ3n) is 13.3. The topological polar surface area (TPSA) is 137 Å². The third-order valence-corrected chi connectivity index (χ3v) is 14.0. The summed E-state index contributed by atoms with van der Waals surface area (Å²) in [5, 5.41) is -0.235. The van der Waals surface area contributed by atoms with E-state index in [0.717, 1.165) is 27.8 Å². The van der Waals surface area contributed by atoms with Gasteiger partial charge in [0.2, 0.25) is 11.0 Å². The zero-order valence-electron chi connectivity index (χ0n) is 43.2. The fourth-order valence-electron chi connectivity index (χ4n) is 9.50. The van der Waals surface area contributed by atoms with Crippen molar-refractivity contribution in [1.29, 1.82) is 0 Å². The van der Waals surface area contributed by atoms with Gasteiger partial charge in [0.15, 0.2) is 5.82 Å². The van der Waals surface area contributed by atoms with Crippen LogP contribution in [0.3, 0.4) is 0 Å². The molecule has 4 aromatic carbocycles. The molecule has 0 amide bonds. The van der Waals surface area contributed by atoms with E-state index in [9.17, 15) is 4.21 Å². The van der Waals surface area contributed by atoms with Crippen LogP contribution in [0.4, 0.5) is 35.0 Å². The molecule has 0 N–H and O–H groups in total. The number of pyridine rings is 3. The quantitative estimate of drug-likeness (QED) is 0.0595. The number of aromatic nitrogens is 5. The van der Waals surface area contributed by atoms with Crippen LogP contribution < -0.4 is 38.4 Å². The molecule has 19 heteroatoms. The molecule has 0 bridgehead atoms. The summed E-state index contributed by atoms with van der Waals surface area (Å²) in [7, 11) is 4.44. The Bertz CT molecular complexity index is 3270. The van der Waals surface area contributed by atoms with Crippen LogP contribution in [0.2, 0.25) is 0 Å². The van der Waals surface area contributed by atoms with Crippen molar-refractivity contribution in [3.63, 3.8) is 0 Å². The Morgan fingerprint density at radius 2 is 1.21 bits per heavy atom. The lowest BCUT2D eigenvalue weighted by Gasteiger charge is -2.37. The van der Waals surface area contributed by atoms with E-state index >= 15 is 17.6 Å². The molecule has 2 unspecified atom stereocenters. The van der Waals surface area contributed by atoms with Crippen molar-refractivity contribution < 1.29 is 45.5 Å². The van der Waals surface area contributed by atoms with Crippen LogP contribution in [-0.2, 0) is 43.2 Å². The first-order valence-electron chi connectivity index (χ1n) is 24.3. The Hall–Kier alpha value is -8.06. The van der Waals surface area contributed by atoms with Crippen LogP contribution in [-0.4, -0.2) is 76.5 Å². The molecule has 4 aromatic heterocycles. The first-order chi connectivity index (χ1) is 36.6. The second kappa shape index (κ2) is 22.4. The van der Waals surface area contributed by atoms with Crippen LogP contribution in [0.5, 0.6) is 28.9 Å². The van der Waals surface area contributed by atoms with Gasteiger partial charge in [-0.1, -0.05) is 54.6 Å². The van der Waals surface area contributed by atoms with E-state index in [1.165, 1.54) is 19.2 Å². The molecule has 9 rings (SSSR count). The highest BCUT2D eigenvalue weighted by Crippen LogP contribution is 2.47. The summed E-state index contributed by atoms with van der Waals surface area (Å²) in [5.74, 6) is 2.19. The number of halogens is 4. The van der Waals surface area contributed by atoms with Crippen LogP contribution in [0.15, 0.2) is 127 Å². The predicted molar refractivity (Wildman–Crippen MR) is 284 cm³/mol. The second-order valence-electron chi connectivity index (χ2n) is 18.3. The van der Waals surface area contributed by atoms with Gasteiger partial charge in [-0.2, -0.15) is 13.2 Å². The molecule has 1 aliphatic rings. The van der Waals surface area contributed by atoms with Crippen molar-refractivity contribution in [2.24, 2.45) is 0 Å². The summed E-state index contributed by atoms with van der Waals surface area (Å²) >= 11 is 0. The van der Waals surface area contributed by atoms with Gasteiger partial charge in [0, 0.05) is 49.8 Å². The van der Waals surface area contributed by atoms with E-state index in [4.69, 9.17) is 33.7 Å². The normalized spacial score (nSPS) is 14.1. The number of methoxy groups -OCH3 is 4. The van der Waals surface area contributed by atoms with E-state index in [0.29, 0.717) is 41.9 Å². The summed E-state index contributed by atoms with van der Waals surface area (Å²) in [6, 6.07) is 34.0. The summed E-state index contributed by atoms with van der Waals surface area (Å²) in [6.07, 6.45) is -1.94. The Balaban J connectivity index is 1.18. The lowest BCUT2D eigenvalue weighted by Crippen LogP contribution is -2.40. The van der Waals surface area contributed by atoms with Crippen molar-refractivity contribution in [2.45, 2.75) is 70.4 Å². The second-order valence-corrected chi connectivity index (χ2v) is 19.6. The molecule has 8 aromatic rings. The number of alkyl halides is 3. The maximum atomic E-state index is 18.0. The van der Waals surface area contributed by atoms with Crippen molar-refractivity contribution in [1.82, 2.24) is 24.9 Å². The van der Waals surface area contributed by atoms with Crippen LogP contribution >= 0.6 is 0 Å². The van der Waals surface area contributed by atoms with Crippen LogP contribution in [0, 0.1) is 12.7 Å². The van der Waals surface area contributed by atoms with E-state index in [1.807, 2.05) is 104 Å². The number of rotatable bonds is 18. The van der Waals surface area contributed by atoms with Gasteiger partial charge in [-0.3, -0.25) is 4.21 Å². The number of aryl methyl sites for hydroxylation is 1. The minimum absolute atomic E-state index is 0.00519. The Morgan fingerprint density at radius 1 is 0.724 bits per heavy atom. The lowest BCUT2D eigenvalue weighted by atomic mass is 10.00. The van der Waals surface area contributed by atoms with E-state index in [1.54, 1.807) is 63.8 Å². The van der Waals surface area contributed by atoms with Crippen molar-refractivity contribution in [3.05, 3.63) is 166 Å². The van der Waals surface area contributed by atoms with Gasteiger partial charge in [0.05, 0.1) is 62.6 Å². The highest BCUT2D eigenvalue weighted by Gasteiger charge is 2.40. The molecule has 394 valence electrons. The summed E-state index contributed by atoms with van der Waals surface area (Å²) in [5.41, 5.74) is 1.08. The average Bonchev–Trinajstić information content (AvgIpc) is 3.65. The van der Waals surface area contributed by atoms with Gasteiger partial charge in [0.1, 0.15) is 63.7 Å². The maximum absolute atomic E-state index is 18.0. The zero-order valence-corrected chi connectivity index (χ0v) is 44.0. The molecule has 0 spiro atoms. The molecule has 0 fully saturated rings. The molecule has 76 heavy (non-hydrogen) atoms. The molecule has 3 atom stereocenters. The van der Waals surface area contributed by atoms with Crippen molar-refractivity contribution in [2.75, 3.05) is 56.0 Å². The molecule has 5 heterocycles. The Morgan fingerprint density at radius 3 is 1.67 bits per heavy atom. The van der Waals surface area contributed by atoms with Gasteiger partial charge < -0.3 is 38.4 Å². The fourth-order valence-corrected chi connectivity index (χ4v) is 9.93. The van der Waals surface area contributed by atoms with Crippen molar-refractivity contribution >= 4 is 39.2 Å². The summed E-state index contributed by atoms with van der Waals surface area (Å²) < 4.78 is 106. The first-order valence-corrected chi connectivity index (χ1v) is 25.8. The van der Waals surface area contributed by atoms with Crippen LogP contribution in [0.25, 0.3) is 22.2 Å². The monoisotopic (exact) mass is 1060 g/mol. The maximum Gasteiger partial charge on any atom is 0.418 e. The summed E-state index contributed by atoms with van der Waals surface area (Å²) in [6.45, 7) is 6.31. The smallest absolute Gasteiger partial charge is 0.418 e. The fraction of sp³-hybridized carbons (Fsp3) is 0.281. The molecular formula is C57H56F4N8O6S. The number of hydrogen-bond acceptors (Lipinski definition) is 14. The van der Waals surface area contributed by atoms with Gasteiger partial charge in [-0.15, -0.1) is 0 Å². The van der Waals surface area contributed by atoms with E-state index < -0.39 is 62.9 Å². The third kappa shape index (κ3) is 11.1.